The minimum Gasteiger partial charge on any atom is -0.478 e. The zero-order valence-electron chi connectivity index (χ0n) is 10.2. The number of aryl methyl sites for hydroxylation is 1. The lowest BCUT2D eigenvalue weighted by Crippen LogP contribution is -2.24. The minimum atomic E-state index is -1.01. The van der Waals surface area contributed by atoms with E-state index in [1.54, 1.807) is 6.92 Å². The van der Waals surface area contributed by atoms with Gasteiger partial charge in [0.2, 0.25) is 5.91 Å². The molecule has 0 radical (unpaired) electrons. The molecule has 2 aliphatic rings. The van der Waals surface area contributed by atoms with Gasteiger partial charge >= 0.3 is 5.97 Å². The second-order valence-electron chi connectivity index (χ2n) is 5.32. The molecule has 1 unspecified atom stereocenters. The summed E-state index contributed by atoms with van der Waals surface area (Å²) in [5, 5.41) is 11.7. The molecule has 2 N–H and O–H groups in total. The van der Waals surface area contributed by atoms with Gasteiger partial charge in [-0.25, -0.2) is 4.79 Å². The largest absolute Gasteiger partial charge is 0.478 e. The summed E-state index contributed by atoms with van der Waals surface area (Å²) < 4.78 is 5.30. The monoisotopic (exact) mass is 249 g/mol. The lowest BCUT2D eigenvalue weighted by molar-refractivity contribution is -0.123. The quantitative estimate of drug-likeness (QED) is 0.851. The fourth-order valence-electron chi connectivity index (χ4n) is 2.57. The Hall–Kier alpha value is -1.78. The molecule has 0 bridgehead atoms. The number of carbonyl (C=O) groups is 2. The van der Waals surface area contributed by atoms with Crippen molar-refractivity contribution in [1.82, 2.24) is 5.32 Å². The number of nitrogens with one attached hydrogen (secondary N) is 1. The molecule has 0 aliphatic heterocycles. The van der Waals surface area contributed by atoms with Crippen LogP contribution in [0.4, 0.5) is 0 Å². The summed E-state index contributed by atoms with van der Waals surface area (Å²) >= 11 is 0. The molecule has 96 valence electrons. The highest BCUT2D eigenvalue weighted by Gasteiger charge is 2.65. The Kier molecular flexibility index (Phi) is 2.27. The molecule has 3 rings (SSSR count). The summed E-state index contributed by atoms with van der Waals surface area (Å²) in [5.41, 5.74) is 0.499. The van der Waals surface area contributed by atoms with Crippen molar-refractivity contribution in [1.29, 1.82) is 0 Å². The van der Waals surface area contributed by atoms with Crippen molar-refractivity contribution in [2.45, 2.75) is 32.7 Å². The number of hydrogen-bond acceptors (Lipinski definition) is 3. The molecule has 2 saturated carbocycles. The number of rotatable bonds is 4. The molecule has 1 heterocycles. The molecule has 18 heavy (non-hydrogen) atoms. The fraction of sp³-hybridized carbons (Fsp3) is 0.538. The van der Waals surface area contributed by atoms with Gasteiger partial charge in [-0.15, -0.1) is 0 Å². The summed E-state index contributed by atoms with van der Waals surface area (Å²) in [6.45, 7) is 1.87. The zero-order valence-corrected chi connectivity index (χ0v) is 10.2. The summed E-state index contributed by atoms with van der Waals surface area (Å²) in [6, 6.07) is 1.47. The van der Waals surface area contributed by atoms with E-state index in [1.165, 1.54) is 18.9 Å². The topological polar surface area (TPSA) is 79.5 Å². The van der Waals surface area contributed by atoms with Crippen LogP contribution in [0.25, 0.3) is 0 Å². The second kappa shape index (κ2) is 3.60. The molecule has 5 heteroatoms. The normalized spacial score (nSPS) is 22.8. The van der Waals surface area contributed by atoms with Gasteiger partial charge in [-0.1, -0.05) is 0 Å². The van der Waals surface area contributed by atoms with Crippen LogP contribution in [0.1, 0.15) is 41.1 Å². The van der Waals surface area contributed by atoms with Gasteiger partial charge in [-0.3, -0.25) is 4.79 Å². The zero-order chi connectivity index (χ0) is 12.9. The number of amides is 1. The first-order valence-corrected chi connectivity index (χ1v) is 6.12. The Balaban J connectivity index is 1.58. The summed E-state index contributed by atoms with van der Waals surface area (Å²) in [6.07, 6.45) is 3.36. The van der Waals surface area contributed by atoms with Gasteiger partial charge in [0.05, 0.1) is 6.54 Å². The smallest absolute Gasteiger partial charge is 0.339 e. The highest BCUT2D eigenvalue weighted by Crippen LogP contribution is 2.70. The van der Waals surface area contributed by atoms with Crippen molar-refractivity contribution >= 4 is 11.9 Å². The lowest BCUT2D eigenvalue weighted by atomic mass is 10.2. The molecule has 5 nitrogen and oxygen atoms in total. The lowest BCUT2D eigenvalue weighted by Gasteiger charge is -2.01. The molecule has 1 spiro atoms. The van der Waals surface area contributed by atoms with Crippen molar-refractivity contribution in [3.05, 3.63) is 23.2 Å². The van der Waals surface area contributed by atoms with Crippen LogP contribution in [0, 0.1) is 18.3 Å². The number of carboxylic acids is 1. The van der Waals surface area contributed by atoms with E-state index in [2.05, 4.69) is 5.32 Å². The van der Waals surface area contributed by atoms with Crippen LogP contribution in [0.5, 0.6) is 0 Å². The van der Waals surface area contributed by atoms with Crippen LogP contribution in [0.2, 0.25) is 0 Å². The van der Waals surface area contributed by atoms with Gasteiger partial charge in [0, 0.05) is 5.92 Å². The maximum Gasteiger partial charge on any atom is 0.339 e. The Labute approximate surface area is 104 Å². The van der Waals surface area contributed by atoms with E-state index >= 15 is 0 Å². The third kappa shape index (κ3) is 1.79. The first-order valence-electron chi connectivity index (χ1n) is 6.12. The third-order valence-corrected chi connectivity index (χ3v) is 4.03. The van der Waals surface area contributed by atoms with Gasteiger partial charge in [-0.05, 0) is 37.7 Å². The summed E-state index contributed by atoms with van der Waals surface area (Å²) in [4.78, 5) is 22.6. The van der Waals surface area contributed by atoms with E-state index < -0.39 is 5.97 Å². The van der Waals surface area contributed by atoms with Gasteiger partial charge < -0.3 is 14.8 Å². The van der Waals surface area contributed by atoms with Crippen molar-refractivity contribution in [2.75, 3.05) is 0 Å². The molecule has 1 amide bonds. The predicted molar refractivity (Wildman–Crippen MR) is 62.0 cm³/mol. The maximum absolute atomic E-state index is 11.8. The molecule has 2 aliphatic carbocycles. The number of hydrogen-bond donors (Lipinski definition) is 2. The maximum atomic E-state index is 11.8. The minimum absolute atomic E-state index is 0.0680. The number of aromatic carboxylic acids is 1. The van der Waals surface area contributed by atoms with E-state index in [0.29, 0.717) is 16.9 Å². The molecular weight excluding hydrogens is 234 g/mol. The van der Waals surface area contributed by atoms with E-state index in [4.69, 9.17) is 9.52 Å². The van der Waals surface area contributed by atoms with Crippen LogP contribution < -0.4 is 5.32 Å². The molecule has 1 atom stereocenters. The summed E-state index contributed by atoms with van der Waals surface area (Å²) in [5.74, 6) is 0.0967. The third-order valence-electron chi connectivity index (χ3n) is 4.03. The van der Waals surface area contributed by atoms with Crippen LogP contribution in [0.15, 0.2) is 10.5 Å². The SMILES string of the molecule is Cc1oc(CNC(=O)C2CC23CC3)cc1C(=O)O. The van der Waals surface area contributed by atoms with Crippen molar-refractivity contribution in [3.8, 4) is 0 Å². The Morgan fingerprint density at radius 3 is 2.78 bits per heavy atom. The Morgan fingerprint density at radius 1 is 1.56 bits per heavy atom. The van der Waals surface area contributed by atoms with Crippen LogP contribution in [0.3, 0.4) is 0 Å². The van der Waals surface area contributed by atoms with Crippen molar-refractivity contribution in [3.63, 3.8) is 0 Å². The molecule has 1 aromatic rings. The van der Waals surface area contributed by atoms with E-state index in [0.717, 1.165) is 6.42 Å². The van der Waals surface area contributed by atoms with Gasteiger partial charge in [0.1, 0.15) is 17.1 Å². The average Bonchev–Trinajstić information content (AvgIpc) is 3.21. The predicted octanol–water partition coefficient (Wildman–Crippen LogP) is 1.70. The van der Waals surface area contributed by atoms with E-state index in [9.17, 15) is 9.59 Å². The molecular formula is C13H15NO4. The fourth-order valence-corrected chi connectivity index (χ4v) is 2.57. The number of carbonyl (C=O) groups excluding carboxylic acids is 1. The van der Waals surface area contributed by atoms with Gasteiger partial charge in [0.25, 0.3) is 0 Å². The Morgan fingerprint density at radius 2 is 2.28 bits per heavy atom. The summed E-state index contributed by atoms with van der Waals surface area (Å²) in [7, 11) is 0. The number of carboxylic acid groups (broad SMARTS) is 1. The molecule has 0 saturated heterocycles. The molecule has 2 fully saturated rings. The van der Waals surface area contributed by atoms with Gasteiger partial charge in [-0.2, -0.15) is 0 Å². The van der Waals surface area contributed by atoms with Crippen LogP contribution in [-0.4, -0.2) is 17.0 Å². The van der Waals surface area contributed by atoms with Crippen LogP contribution in [-0.2, 0) is 11.3 Å². The number of furan rings is 1. The molecule has 0 aromatic carbocycles. The first kappa shape index (κ1) is 11.3. The molecule has 1 aromatic heterocycles. The average molecular weight is 249 g/mol. The Bertz CT molecular complexity index is 527. The first-order chi connectivity index (χ1) is 8.52. The standard InChI is InChI=1S/C13H15NO4/c1-7-9(12(16)17)4-8(18-7)6-14-11(15)10-5-13(10)2-3-13/h4,10H,2-3,5-6H2,1H3,(H,14,15)(H,16,17). The van der Waals surface area contributed by atoms with Gasteiger partial charge in [0.15, 0.2) is 0 Å². The van der Waals surface area contributed by atoms with Crippen molar-refractivity contribution < 1.29 is 19.1 Å². The van der Waals surface area contributed by atoms with Crippen LogP contribution >= 0.6 is 0 Å². The van der Waals surface area contributed by atoms with E-state index in [1.807, 2.05) is 0 Å². The van der Waals surface area contributed by atoms with E-state index in [-0.39, 0.29) is 23.9 Å². The second-order valence-corrected chi connectivity index (χ2v) is 5.32. The van der Waals surface area contributed by atoms with Crippen molar-refractivity contribution in [2.24, 2.45) is 11.3 Å². The highest BCUT2D eigenvalue weighted by molar-refractivity contribution is 5.89. The highest BCUT2D eigenvalue weighted by atomic mass is 16.4.